The van der Waals surface area contributed by atoms with Crippen LogP contribution in [-0.4, -0.2) is 57.5 Å². The van der Waals surface area contributed by atoms with Crippen LogP contribution in [0.15, 0.2) is 0 Å². The third kappa shape index (κ3) is 8.22. The topological polar surface area (TPSA) is 49.4 Å². The van der Waals surface area contributed by atoms with Crippen LogP contribution >= 0.6 is 0 Å². The zero-order chi connectivity index (χ0) is 15.0. The van der Waals surface area contributed by atoms with Crippen LogP contribution in [0.1, 0.15) is 46.0 Å². The summed E-state index contributed by atoms with van der Waals surface area (Å²) in [6.45, 7) is 8.23. The standard InChI is InChI=1S/C15H32N2O2S/c1-14(2)8-11-17(15-6-4-5-7-15)12-9-16-10-13-20(3,18)19/h14-16H,4-13H2,1-3H3. The fraction of sp³-hybridized carbons (Fsp3) is 1.00. The molecule has 1 fully saturated rings. The second kappa shape index (κ2) is 9.00. The van der Waals surface area contributed by atoms with Crippen LogP contribution in [0, 0.1) is 5.92 Å². The van der Waals surface area contributed by atoms with Crippen molar-refractivity contribution in [1.29, 1.82) is 0 Å². The minimum Gasteiger partial charge on any atom is -0.314 e. The van der Waals surface area contributed by atoms with Crippen molar-refractivity contribution in [3.63, 3.8) is 0 Å². The number of sulfone groups is 1. The minimum absolute atomic E-state index is 0.239. The maximum absolute atomic E-state index is 11.1. The molecule has 0 atom stereocenters. The van der Waals surface area contributed by atoms with Gasteiger partial charge >= 0.3 is 0 Å². The first-order chi connectivity index (χ1) is 9.38. The lowest BCUT2D eigenvalue weighted by Crippen LogP contribution is -2.40. The number of nitrogens with zero attached hydrogens (tertiary/aromatic N) is 1. The van der Waals surface area contributed by atoms with Crippen LogP contribution in [0.25, 0.3) is 0 Å². The molecule has 0 radical (unpaired) electrons. The normalized spacial score (nSPS) is 17.4. The molecule has 0 heterocycles. The van der Waals surface area contributed by atoms with Crippen molar-refractivity contribution in [2.45, 2.75) is 52.0 Å². The average molecular weight is 305 g/mol. The summed E-state index contributed by atoms with van der Waals surface area (Å²) in [5.74, 6) is 0.986. The molecule has 0 saturated heterocycles. The number of hydrogen-bond donors (Lipinski definition) is 1. The van der Waals surface area contributed by atoms with Crippen molar-refractivity contribution in [1.82, 2.24) is 10.2 Å². The molecule has 120 valence electrons. The summed E-state index contributed by atoms with van der Waals surface area (Å²) in [6, 6.07) is 0.755. The van der Waals surface area contributed by atoms with E-state index >= 15 is 0 Å². The predicted octanol–water partition coefficient (Wildman–Crippen LogP) is 1.91. The van der Waals surface area contributed by atoms with E-state index in [1.807, 2.05) is 0 Å². The highest BCUT2D eigenvalue weighted by Crippen LogP contribution is 2.23. The quantitative estimate of drug-likeness (QED) is 0.626. The zero-order valence-corrected chi connectivity index (χ0v) is 14.2. The Kier molecular flexibility index (Phi) is 8.07. The van der Waals surface area contributed by atoms with E-state index in [4.69, 9.17) is 0 Å². The van der Waals surface area contributed by atoms with Gasteiger partial charge in [0.05, 0.1) is 5.75 Å². The van der Waals surface area contributed by atoms with E-state index in [1.54, 1.807) is 0 Å². The molecule has 0 amide bonds. The Labute approximate surface area is 125 Å². The average Bonchev–Trinajstić information content (AvgIpc) is 2.84. The zero-order valence-electron chi connectivity index (χ0n) is 13.4. The Morgan fingerprint density at radius 2 is 1.80 bits per heavy atom. The Balaban J connectivity index is 2.25. The lowest BCUT2D eigenvalue weighted by atomic mass is 10.1. The molecular weight excluding hydrogens is 272 g/mol. The molecule has 4 nitrogen and oxygen atoms in total. The van der Waals surface area contributed by atoms with E-state index in [-0.39, 0.29) is 5.75 Å². The van der Waals surface area contributed by atoms with Crippen LogP contribution in [0.4, 0.5) is 0 Å². The monoisotopic (exact) mass is 304 g/mol. The summed E-state index contributed by atoms with van der Waals surface area (Å²) in [7, 11) is -2.84. The van der Waals surface area contributed by atoms with Gasteiger partial charge in [0.15, 0.2) is 0 Å². The molecule has 0 aliphatic heterocycles. The molecular formula is C15H32N2O2S. The molecule has 0 aromatic carbocycles. The fourth-order valence-electron chi connectivity index (χ4n) is 2.78. The Hall–Kier alpha value is -0.130. The summed E-state index contributed by atoms with van der Waals surface area (Å²) < 4.78 is 22.1. The molecule has 1 saturated carbocycles. The molecule has 5 heteroatoms. The lowest BCUT2D eigenvalue weighted by molar-refractivity contribution is 0.189. The molecule has 1 aliphatic rings. The van der Waals surface area contributed by atoms with Gasteiger partial charge in [-0.1, -0.05) is 26.7 Å². The van der Waals surface area contributed by atoms with Gasteiger partial charge in [0.25, 0.3) is 0 Å². The van der Waals surface area contributed by atoms with Crippen molar-refractivity contribution in [3.8, 4) is 0 Å². The van der Waals surface area contributed by atoms with E-state index in [1.165, 1.54) is 44.9 Å². The van der Waals surface area contributed by atoms with Crippen molar-refractivity contribution in [2.75, 3.05) is 38.2 Å². The first-order valence-corrected chi connectivity index (χ1v) is 10.1. The van der Waals surface area contributed by atoms with Gasteiger partial charge in [0.1, 0.15) is 9.84 Å². The SMILES string of the molecule is CC(C)CCN(CCNCCS(C)(=O)=O)C1CCCC1. The molecule has 0 aromatic rings. The first kappa shape index (κ1) is 17.9. The maximum atomic E-state index is 11.1. The highest BCUT2D eigenvalue weighted by molar-refractivity contribution is 7.90. The van der Waals surface area contributed by atoms with E-state index in [0.717, 1.165) is 25.0 Å². The van der Waals surface area contributed by atoms with Crippen LogP contribution in [0.3, 0.4) is 0 Å². The number of rotatable bonds is 10. The van der Waals surface area contributed by atoms with Gasteiger partial charge in [-0.05, 0) is 31.7 Å². The fourth-order valence-corrected chi connectivity index (χ4v) is 3.29. The second-order valence-corrected chi connectivity index (χ2v) is 8.80. The Morgan fingerprint density at radius 1 is 1.15 bits per heavy atom. The predicted molar refractivity (Wildman–Crippen MR) is 85.9 cm³/mol. The molecule has 0 bridgehead atoms. The van der Waals surface area contributed by atoms with Gasteiger partial charge < -0.3 is 5.32 Å². The molecule has 1 aliphatic carbocycles. The van der Waals surface area contributed by atoms with Gasteiger partial charge in [-0.25, -0.2) is 8.42 Å². The Morgan fingerprint density at radius 3 is 2.35 bits per heavy atom. The molecule has 0 aromatic heterocycles. The number of hydrogen-bond acceptors (Lipinski definition) is 4. The van der Waals surface area contributed by atoms with Gasteiger partial charge in [0, 0.05) is 31.9 Å². The van der Waals surface area contributed by atoms with Crippen LogP contribution in [0.2, 0.25) is 0 Å². The number of nitrogens with one attached hydrogen (secondary N) is 1. The van der Waals surface area contributed by atoms with Gasteiger partial charge in [-0.2, -0.15) is 0 Å². The first-order valence-electron chi connectivity index (χ1n) is 8.01. The van der Waals surface area contributed by atoms with Gasteiger partial charge in [-0.3, -0.25) is 4.90 Å². The second-order valence-electron chi connectivity index (χ2n) is 6.54. The van der Waals surface area contributed by atoms with Crippen molar-refractivity contribution in [3.05, 3.63) is 0 Å². The van der Waals surface area contributed by atoms with Crippen molar-refractivity contribution in [2.24, 2.45) is 5.92 Å². The Bertz CT molecular complexity index is 349. The largest absolute Gasteiger partial charge is 0.314 e. The van der Waals surface area contributed by atoms with Gasteiger partial charge in [-0.15, -0.1) is 0 Å². The third-order valence-corrected chi connectivity index (χ3v) is 5.01. The minimum atomic E-state index is -2.84. The molecule has 20 heavy (non-hydrogen) atoms. The highest BCUT2D eigenvalue weighted by Gasteiger charge is 2.21. The summed E-state index contributed by atoms with van der Waals surface area (Å²) in [5.41, 5.74) is 0. The summed E-state index contributed by atoms with van der Waals surface area (Å²) in [6.07, 6.45) is 7.94. The van der Waals surface area contributed by atoms with E-state index in [0.29, 0.717) is 6.54 Å². The highest BCUT2D eigenvalue weighted by atomic mass is 32.2. The van der Waals surface area contributed by atoms with Crippen molar-refractivity contribution >= 4 is 9.84 Å². The summed E-state index contributed by atoms with van der Waals surface area (Å²) >= 11 is 0. The van der Waals surface area contributed by atoms with Gasteiger partial charge in [0.2, 0.25) is 0 Å². The van der Waals surface area contributed by atoms with E-state index < -0.39 is 9.84 Å². The lowest BCUT2D eigenvalue weighted by Gasteiger charge is -2.29. The van der Waals surface area contributed by atoms with Crippen LogP contribution in [-0.2, 0) is 9.84 Å². The molecule has 1 rings (SSSR count). The maximum Gasteiger partial charge on any atom is 0.148 e. The van der Waals surface area contributed by atoms with Crippen LogP contribution in [0.5, 0.6) is 0 Å². The molecule has 1 N–H and O–H groups in total. The van der Waals surface area contributed by atoms with E-state index in [9.17, 15) is 8.42 Å². The van der Waals surface area contributed by atoms with Crippen molar-refractivity contribution < 1.29 is 8.42 Å². The third-order valence-electron chi connectivity index (χ3n) is 4.06. The molecule has 0 spiro atoms. The summed E-state index contributed by atoms with van der Waals surface area (Å²) in [4.78, 5) is 2.61. The smallest absolute Gasteiger partial charge is 0.148 e. The van der Waals surface area contributed by atoms with Crippen LogP contribution < -0.4 is 5.32 Å². The molecule has 0 unspecified atom stereocenters. The van der Waals surface area contributed by atoms with E-state index in [2.05, 4.69) is 24.1 Å². The summed E-state index contributed by atoms with van der Waals surface area (Å²) in [5, 5.41) is 3.26.